The largest absolute Gasteiger partial charge is 0.507 e. The van der Waals surface area contributed by atoms with E-state index in [0.717, 1.165) is 33.4 Å². The minimum Gasteiger partial charge on any atom is -0.507 e. The predicted octanol–water partition coefficient (Wildman–Crippen LogP) is 9.05. The predicted molar refractivity (Wildman–Crippen MR) is 190 cm³/mol. The molecule has 0 fully saturated rings. The van der Waals surface area contributed by atoms with Gasteiger partial charge in [0.1, 0.15) is 11.5 Å². The number of carbonyl (C=O) groups is 2. The van der Waals surface area contributed by atoms with Crippen LogP contribution in [-0.4, -0.2) is 45.6 Å². The molecule has 264 valence electrons. The molecule has 2 unspecified atom stereocenters. The third kappa shape index (κ3) is 11.5. The lowest BCUT2D eigenvalue weighted by molar-refractivity contribution is -0.142. The van der Waals surface area contributed by atoms with E-state index >= 15 is 0 Å². The van der Waals surface area contributed by atoms with Crippen LogP contribution in [-0.2, 0) is 48.8 Å². The molecule has 0 aromatic heterocycles. The normalized spacial score (nSPS) is 14.2. The summed E-state index contributed by atoms with van der Waals surface area (Å²) in [5.74, 6) is -2.30. The molecule has 0 radical (unpaired) electrons. The monoisotopic (exact) mass is 654 g/mol. The summed E-state index contributed by atoms with van der Waals surface area (Å²) in [7, 11) is 0. The number of hydrogen-bond acceptors (Lipinski definition) is 5. The fourth-order valence-electron chi connectivity index (χ4n) is 6.07. The summed E-state index contributed by atoms with van der Waals surface area (Å²) in [5.41, 5.74) is 3.93. The maximum Gasteiger partial charge on any atom is 0.306 e. The third-order valence-corrected chi connectivity index (χ3v) is 8.92. The first-order valence-electron chi connectivity index (χ1n) is 17.1. The molecule has 4 N–H and O–H groups in total. The van der Waals surface area contributed by atoms with Crippen molar-refractivity contribution in [2.24, 2.45) is 11.8 Å². The highest BCUT2D eigenvalue weighted by molar-refractivity contribution is 5.71. The molecule has 0 saturated carbocycles. The molecule has 0 aliphatic carbocycles. The average molecular weight is 655 g/mol. The van der Waals surface area contributed by atoms with Crippen LogP contribution in [0, 0.1) is 11.8 Å². The van der Waals surface area contributed by atoms with E-state index < -0.39 is 23.8 Å². The van der Waals surface area contributed by atoms with E-state index in [1.165, 1.54) is 0 Å². The Kier molecular flexibility index (Phi) is 13.2. The number of aromatic hydroxyl groups is 2. The molecule has 47 heavy (non-hydrogen) atoms. The molecule has 0 aliphatic heterocycles. The fourth-order valence-corrected chi connectivity index (χ4v) is 6.07. The molecule has 0 spiro atoms. The van der Waals surface area contributed by atoms with Gasteiger partial charge in [-0.15, -0.1) is 0 Å². The van der Waals surface area contributed by atoms with E-state index in [0.29, 0.717) is 51.7 Å². The van der Waals surface area contributed by atoms with Crippen molar-refractivity contribution in [3.8, 4) is 11.5 Å². The zero-order valence-electron chi connectivity index (χ0n) is 31.1. The molecular weight excluding hydrogens is 592 g/mol. The number of ether oxygens (including phenoxy) is 1. The highest BCUT2D eigenvalue weighted by Crippen LogP contribution is 2.41. The lowest BCUT2D eigenvalue weighted by Crippen LogP contribution is -2.21. The third-order valence-electron chi connectivity index (χ3n) is 8.92. The second-order valence-electron chi connectivity index (χ2n) is 17.5. The molecule has 0 heterocycles. The van der Waals surface area contributed by atoms with Crippen molar-refractivity contribution in [1.29, 1.82) is 0 Å². The summed E-state index contributed by atoms with van der Waals surface area (Å²) in [6.07, 6.45) is 2.80. The molecule has 0 bridgehead atoms. The van der Waals surface area contributed by atoms with Gasteiger partial charge in [-0.2, -0.15) is 0 Å². The van der Waals surface area contributed by atoms with Gasteiger partial charge in [-0.1, -0.05) is 107 Å². The Labute approximate surface area is 283 Å². The first-order chi connectivity index (χ1) is 21.3. The van der Waals surface area contributed by atoms with Crippen LogP contribution in [0.2, 0.25) is 0 Å². The van der Waals surface area contributed by atoms with E-state index in [1.807, 2.05) is 107 Å². The Morgan fingerprint density at radius 3 is 1.02 bits per heavy atom. The van der Waals surface area contributed by atoms with Crippen LogP contribution in [0.25, 0.3) is 0 Å². The number of carboxylic acid groups (broad SMARTS) is 2. The second-order valence-corrected chi connectivity index (χ2v) is 17.5. The topological polar surface area (TPSA) is 124 Å². The maximum absolute atomic E-state index is 12.2. The highest BCUT2D eigenvalue weighted by atomic mass is 16.5. The van der Waals surface area contributed by atoms with Crippen molar-refractivity contribution >= 4 is 11.9 Å². The van der Waals surface area contributed by atoms with E-state index in [2.05, 4.69) is 0 Å². The number of carboxylic acids is 2. The minimum atomic E-state index is -0.851. The maximum atomic E-state index is 12.2. The minimum absolute atomic E-state index is 0.284. The molecule has 2 aromatic rings. The van der Waals surface area contributed by atoms with Crippen molar-refractivity contribution in [1.82, 2.24) is 0 Å². The molecule has 0 saturated heterocycles. The zero-order chi connectivity index (χ0) is 36.1. The smallest absolute Gasteiger partial charge is 0.306 e. The van der Waals surface area contributed by atoms with Crippen molar-refractivity contribution in [2.75, 3.05) is 13.2 Å². The van der Waals surface area contributed by atoms with Crippen LogP contribution in [0.3, 0.4) is 0 Å². The number of phenols is 2. The van der Waals surface area contributed by atoms with Crippen molar-refractivity contribution < 1.29 is 34.8 Å². The van der Waals surface area contributed by atoms with Crippen molar-refractivity contribution in [3.05, 3.63) is 57.6 Å². The summed E-state index contributed by atoms with van der Waals surface area (Å²) in [5, 5.41) is 42.1. The number of benzene rings is 2. The quantitative estimate of drug-likeness (QED) is 0.150. The molecule has 7 nitrogen and oxygen atoms in total. The Morgan fingerprint density at radius 2 is 0.809 bits per heavy atom. The Morgan fingerprint density at radius 1 is 0.553 bits per heavy atom. The van der Waals surface area contributed by atoms with Crippen LogP contribution in [0.1, 0.15) is 142 Å². The summed E-state index contributed by atoms with van der Waals surface area (Å²) in [6, 6.07) is 7.79. The molecule has 2 atom stereocenters. The SMILES string of the molecule is CC(C)(C)c1cc(CC(CCCOCCCC(Cc2cc(C(C)(C)C)c(O)c(C(C)(C)C)c2)C(=O)O)C(=O)O)cc(C(C)(C)C)c1O. The van der Waals surface area contributed by atoms with Crippen molar-refractivity contribution in [2.45, 2.75) is 143 Å². The molecule has 0 aliphatic rings. The van der Waals surface area contributed by atoms with Crippen LogP contribution < -0.4 is 0 Å². The van der Waals surface area contributed by atoms with Gasteiger partial charge < -0.3 is 25.2 Å². The fraction of sp³-hybridized carbons (Fsp3) is 0.650. The second kappa shape index (κ2) is 15.4. The summed E-state index contributed by atoms with van der Waals surface area (Å²) in [4.78, 5) is 24.4. The Bertz CT molecular complexity index is 1200. The number of phenolic OH excluding ortho intramolecular Hbond substituents is 2. The number of rotatable bonds is 14. The van der Waals surface area contributed by atoms with Gasteiger partial charge in [0.2, 0.25) is 0 Å². The van der Waals surface area contributed by atoms with Gasteiger partial charge in [0.05, 0.1) is 11.8 Å². The van der Waals surface area contributed by atoms with Crippen LogP contribution in [0.4, 0.5) is 0 Å². The van der Waals surface area contributed by atoms with Gasteiger partial charge in [-0.3, -0.25) is 9.59 Å². The van der Waals surface area contributed by atoms with Gasteiger partial charge in [0, 0.05) is 13.2 Å². The lowest BCUT2D eigenvalue weighted by Gasteiger charge is -2.28. The molecule has 0 amide bonds. The summed E-state index contributed by atoms with van der Waals surface area (Å²) in [6.45, 7) is 25.3. The van der Waals surface area contributed by atoms with Gasteiger partial charge in [0.15, 0.2) is 0 Å². The molecular formula is C40H62O7. The highest BCUT2D eigenvalue weighted by Gasteiger charge is 2.29. The van der Waals surface area contributed by atoms with E-state index in [1.54, 1.807) is 0 Å². The van der Waals surface area contributed by atoms with Gasteiger partial charge >= 0.3 is 11.9 Å². The van der Waals surface area contributed by atoms with Crippen LogP contribution in [0.15, 0.2) is 24.3 Å². The Hall–Kier alpha value is -3.06. The van der Waals surface area contributed by atoms with E-state index in [9.17, 15) is 30.0 Å². The van der Waals surface area contributed by atoms with E-state index in [4.69, 9.17) is 4.74 Å². The molecule has 7 heteroatoms. The summed E-state index contributed by atoms with van der Waals surface area (Å²) >= 11 is 0. The van der Waals surface area contributed by atoms with Gasteiger partial charge in [0.25, 0.3) is 0 Å². The average Bonchev–Trinajstić information content (AvgIpc) is 2.89. The van der Waals surface area contributed by atoms with Crippen LogP contribution in [0.5, 0.6) is 11.5 Å². The number of hydrogen-bond donors (Lipinski definition) is 4. The zero-order valence-corrected chi connectivity index (χ0v) is 31.1. The first-order valence-corrected chi connectivity index (χ1v) is 17.1. The van der Waals surface area contributed by atoms with Gasteiger partial charge in [-0.25, -0.2) is 0 Å². The standard InChI is InChI=1S/C40H62O7/c1-37(2,3)29-21-25(22-30(33(29)41)38(4,5)6)19-27(35(43)44)15-13-17-47-18-14-16-28(36(45)46)20-26-23-31(39(7,8)9)34(42)32(24-26)40(10,11)12/h21-24,27-28,41-42H,13-20H2,1-12H3,(H,43,44)(H,45,46). The first kappa shape index (κ1) is 40.1. The molecule has 2 rings (SSSR count). The number of aliphatic carboxylic acids is 2. The van der Waals surface area contributed by atoms with Gasteiger partial charge in [-0.05, 0) is 93.6 Å². The molecule has 2 aromatic carbocycles. The van der Waals surface area contributed by atoms with E-state index in [-0.39, 0.29) is 33.2 Å². The summed E-state index contributed by atoms with van der Waals surface area (Å²) < 4.78 is 5.83. The Balaban J connectivity index is 2.00. The van der Waals surface area contributed by atoms with Crippen molar-refractivity contribution in [3.63, 3.8) is 0 Å². The lowest BCUT2D eigenvalue weighted by atomic mass is 9.77. The van der Waals surface area contributed by atoms with Crippen LogP contribution >= 0.6 is 0 Å².